The van der Waals surface area contributed by atoms with Gasteiger partial charge in [0.25, 0.3) is 0 Å². The summed E-state index contributed by atoms with van der Waals surface area (Å²) in [4.78, 5) is 43.3. The fourth-order valence-electron chi connectivity index (χ4n) is 3.28. The van der Waals surface area contributed by atoms with Gasteiger partial charge < -0.3 is 16.2 Å². The van der Waals surface area contributed by atoms with Crippen molar-refractivity contribution in [3.63, 3.8) is 0 Å². The van der Waals surface area contributed by atoms with Crippen molar-refractivity contribution >= 4 is 34.5 Å². The van der Waals surface area contributed by atoms with Crippen LogP contribution in [-0.4, -0.2) is 43.9 Å². The number of carboxylic acids is 1. The second-order valence-corrected chi connectivity index (χ2v) is 7.20. The van der Waals surface area contributed by atoms with Crippen molar-refractivity contribution in [3.8, 4) is 0 Å². The molecule has 0 radical (unpaired) electrons. The van der Waals surface area contributed by atoms with E-state index in [0.717, 1.165) is 26.8 Å². The fourth-order valence-corrected chi connectivity index (χ4v) is 3.28. The lowest BCUT2D eigenvalue weighted by Crippen LogP contribution is -2.61. The molecule has 1 fully saturated rings. The number of hydrogen-bond donors (Lipinski definition) is 3. The lowest BCUT2D eigenvalue weighted by atomic mass is 10.0. The summed E-state index contributed by atoms with van der Waals surface area (Å²) >= 11 is 0. The van der Waals surface area contributed by atoms with Gasteiger partial charge in [0, 0.05) is 24.0 Å². The molecule has 0 saturated carbocycles. The number of nitrogen functional groups attached to an aromatic ring is 1. The molecular formula is C22H23N5O4. The normalized spacial score (nSPS) is 16.0. The molecule has 0 aliphatic carbocycles. The van der Waals surface area contributed by atoms with Gasteiger partial charge >= 0.3 is 12.0 Å². The zero-order valence-electron chi connectivity index (χ0n) is 17.1. The number of rotatable bonds is 3. The Balaban J connectivity index is 0.000000287. The van der Waals surface area contributed by atoms with E-state index in [1.807, 2.05) is 43.3 Å². The van der Waals surface area contributed by atoms with Crippen LogP contribution in [0.15, 0.2) is 55.0 Å². The van der Waals surface area contributed by atoms with Crippen LogP contribution >= 0.6 is 0 Å². The minimum atomic E-state index is -1.18. The third kappa shape index (κ3) is 4.95. The molecule has 1 aliphatic heterocycles. The maximum atomic E-state index is 12.2. The van der Waals surface area contributed by atoms with Gasteiger partial charge in [0.1, 0.15) is 11.9 Å². The first-order valence-corrected chi connectivity index (χ1v) is 9.64. The number of anilines is 1. The topological polar surface area (TPSA) is 139 Å². The first-order valence-electron chi connectivity index (χ1n) is 9.64. The summed E-state index contributed by atoms with van der Waals surface area (Å²) < 4.78 is 0. The number of β-lactam (4-membered cyclic amide) rings is 1. The third-order valence-electron chi connectivity index (χ3n) is 4.91. The molecule has 4 N–H and O–H groups in total. The number of carbonyl (C=O) groups is 3. The van der Waals surface area contributed by atoms with Crippen LogP contribution in [0.3, 0.4) is 0 Å². The number of imide groups is 1. The molecule has 160 valence electrons. The standard InChI is InChI=1S/C16H15N3O4.C6H8N2/c1-9(11-4-2-3-10-5-6-17-8-12(10)11)18-16(23)19-13(15(21)22)7-14(19)20;1-5-2-3-8-6(7)4-5/h2-6,8-9,13H,7H2,1H3,(H,18,23)(H,21,22);2-4H,1H3,(H2,7,8). The number of nitrogens with one attached hydrogen (secondary N) is 1. The van der Waals surface area contributed by atoms with Crippen LogP contribution in [0.1, 0.15) is 30.5 Å². The van der Waals surface area contributed by atoms with Gasteiger partial charge in [0.15, 0.2) is 0 Å². The number of nitrogens with zero attached hydrogens (tertiary/aromatic N) is 3. The zero-order chi connectivity index (χ0) is 22.5. The Bertz CT molecular complexity index is 1110. The lowest BCUT2D eigenvalue weighted by molar-refractivity contribution is -0.157. The first kappa shape index (κ1) is 21.7. The average Bonchev–Trinajstić information content (AvgIpc) is 2.71. The van der Waals surface area contributed by atoms with Gasteiger partial charge in [0.05, 0.1) is 12.5 Å². The maximum Gasteiger partial charge on any atom is 0.327 e. The van der Waals surface area contributed by atoms with E-state index in [-0.39, 0.29) is 6.42 Å². The van der Waals surface area contributed by atoms with Gasteiger partial charge in [-0.05, 0) is 48.6 Å². The van der Waals surface area contributed by atoms with Crippen LogP contribution in [0.25, 0.3) is 10.8 Å². The molecule has 1 saturated heterocycles. The third-order valence-corrected chi connectivity index (χ3v) is 4.91. The first-order chi connectivity index (χ1) is 14.8. The number of nitrogens with two attached hydrogens (primary N) is 1. The summed E-state index contributed by atoms with van der Waals surface area (Å²) in [5.41, 5.74) is 7.35. The van der Waals surface area contributed by atoms with Crippen molar-refractivity contribution in [2.45, 2.75) is 32.4 Å². The largest absolute Gasteiger partial charge is 0.480 e. The highest BCUT2D eigenvalue weighted by molar-refractivity contribution is 6.06. The van der Waals surface area contributed by atoms with E-state index in [0.29, 0.717) is 5.82 Å². The predicted octanol–water partition coefficient (Wildman–Crippen LogP) is 2.66. The number of aliphatic carboxylic acids is 1. The van der Waals surface area contributed by atoms with Crippen molar-refractivity contribution in [1.82, 2.24) is 20.2 Å². The monoisotopic (exact) mass is 421 g/mol. The zero-order valence-corrected chi connectivity index (χ0v) is 17.1. The van der Waals surface area contributed by atoms with Crippen LogP contribution in [0.2, 0.25) is 0 Å². The van der Waals surface area contributed by atoms with E-state index in [9.17, 15) is 14.4 Å². The summed E-state index contributed by atoms with van der Waals surface area (Å²) in [5, 5.41) is 13.5. The number of aryl methyl sites for hydroxylation is 1. The molecule has 2 aromatic heterocycles. The predicted molar refractivity (Wildman–Crippen MR) is 115 cm³/mol. The van der Waals surface area contributed by atoms with Crippen molar-refractivity contribution in [3.05, 3.63) is 66.1 Å². The van der Waals surface area contributed by atoms with Crippen molar-refractivity contribution in [2.75, 3.05) is 5.73 Å². The second-order valence-electron chi connectivity index (χ2n) is 7.20. The molecular weight excluding hydrogens is 398 g/mol. The molecule has 3 heterocycles. The summed E-state index contributed by atoms with van der Waals surface area (Å²) in [5.74, 6) is -1.08. The molecule has 3 amide bonds. The quantitative estimate of drug-likeness (QED) is 0.553. The summed E-state index contributed by atoms with van der Waals surface area (Å²) in [6.07, 6.45) is 4.95. The number of amides is 3. The molecule has 0 bridgehead atoms. The Morgan fingerprint density at radius 2 is 2.03 bits per heavy atom. The number of aromatic nitrogens is 2. The molecule has 9 nitrogen and oxygen atoms in total. The number of likely N-dealkylation sites (tertiary alicyclic amines) is 1. The highest BCUT2D eigenvalue weighted by atomic mass is 16.4. The minimum absolute atomic E-state index is 0.144. The molecule has 1 aliphatic rings. The number of pyridine rings is 2. The van der Waals surface area contributed by atoms with Gasteiger partial charge in [-0.1, -0.05) is 18.2 Å². The molecule has 2 atom stereocenters. The number of carboxylic acid groups (broad SMARTS) is 1. The second kappa shape index (κ2) is 9.21. The molecule has 4 rings (SSSR count). The van der Waals surface area contributed by atoms with Crippen LogP contribution in [0.5, 0.6) is 0 Å². The number of benzene rings is 1. The highest BCUT2D eigenvalue weighted by Gasteiger charge is 2.45. The lowest BCUT2D eigenvalue weighted by Gasteiger charge is -2.36. The number of carbonyl (C=O) groups excluding carboxylic acids is 2. The maximum absolute atomic E-state index is 12.2. The molecule has 0 spiro atoms. The van der Waals surface area contributed by atoms with Gasteiger partial charge in [0.2, 0.25) is 5.91 Å². The van der Waals surface area contributed by atoms with E-state index in [2.05, 4.69) is 15.3 Å². The van der Waals surface area contributed by atoms with Crippen LogP contribution in [0.4, 0.5) is 10.6 Å². The van der Waals surface area contributed by atoms with Crippen molar-refractivity contribution in [1.29, 1.82) is 0 Å². The van der Waals surface area contributed by atoms with Crippen molar-refractivity contribution < 1.29 is 19.5 Å². The molecule has 31 heavy (non-hydrogen) atoms. The minimum Gasteiger partial charge on any atom is -0.480 e. The number of hydrogen-bond acceptors (Lipinski definition) is 6. The molecule has 9 heteroatoms. The molecule has 3 aromatic rings. The van der Waals surface area contributed by atoms with E-state index in [4.69, 9.17) is 10.8 Å². The Labute approximate surface area is 178 Å². The van der Waals surface area contributed by atoms with E-state index >= 15 is 0 Å². The Morgan fingerprint density at radius 1 is 1.26 bits per heavy atom. The van der Waals surface area contributed by atoms with Gasteiger partial charge in [-0.15, -0.1) is 0 Å². The van der Waals surface area contributed by atoms with Gasteiger partial charge in [-0.3, -0.25) is 9.78 Å². The van der Waals surface area contributed by atoms with Crippen molar-refractivity contribution in [2.24, 2.45) is 0 Å². The molecule has 2 unspecified atom stereocenters. The van der Waals surface area contributed by atoms with Crippen LogP contribution in [-0.2, 0) is 9.59 Å². The summed E-state index contributed by atoms with van der Waals surface area (Å²) in [6, 6.07) is 9.12. The number of fused-ring (bicyclic) bond motifs is 1. The smallest absolute Gasteiger partial charge is 0.327 e. The number of urea groups is 1. The van der Waals surface area contributed by atoms with Crippen LogP contribution in [0, 0.1) is 6.92 Å². The van der Waals surface area contributed by atoms with E-state index in [1.165, 1.54) is 0 Å². The summed E-state index contributed by atoms with van der Waals surface area (Å²) in [7, 11) is 0. The van der Waals surface area contributed by atoms with Gasteiger partial charge in [-0.25, -0.2) is 19.5 Å². The van der Waals surface area contributed by atoms with Crippen LogP contribution < -0.4 is 11.1 Å². The fraction of sp³-hybridized carbons (Fsp3) is 0.227. The Hall–Kier alpha value is -4.01. The molecule has 1 aromatic carbocycles. The summed E-state index contributed by atoms with van der Waals surface area (Å²) in [6.45, 7) is 3.76. The Morgan fingerprint density at radius 3 is 2.65 bits per heavy atom. The van der Waals surface area contributed by atoms with E-state index in [1.54, 1.807) is 25.5 Å². The van der Waals surface area contributed by atoms with Gasteiger partial charge in [-0.2, -0.15) is 0 Å². The average molecular weight is 421 g/mol. The Kier molecular flexibility index (Phi) is 6.44. The van der Waals surface area contributed by atoms with E-state index < -0.39 is 30.0 Å². The highest BCUT2D eigenvalue weighted by Crippen LogP contribution is 2.25. The SMILES string of the molecule is CC(NC(=O)N1C(=O)CC1C(=O)O)c1cccc2ccncc12.Cc1ccnc(N)c1.